The standard InChI is InChI=1S/C20H35N3O5S2/c1-15(2)29(25,26)23-14-16(3)18-8-11-20(24,12-9-18)19-6-4-17(5-7-19)10-13-22-30(21,27)28/h4-7,15-16,18,22-24H,8-14H2,1-3H3,(H2,21,27,28). The maximum absolute atomic E-state index is 12.0. The molecule has 0 saturated heterocycles. The van der Waals surface area contributed by atoms with E-state index in [2.05, 4.69) is 16.4 Å². The van der Waals surface area contributed by atoms with Gasteiger partial charge in [0.25, 0.3) is 10.2 Å². The fraction of sp³-hybridized carbons (Fsp3) is 0.700. The molecular formula is C20H35N3O5S2. The van der Waals surface area contributed by atoms with Crippen molar-refractivity contribution in [2.24, 2.45) is 17.0 Å². The molecule has 1 aromatic carbocycles. The van der Waals surface area contributed by atoms with Crippen LogP contribution in [0.5, 0.6) is 0 Å². The average molecular weight is 462 g/mol. The van der Waals surface area contributed by atoms with Crippen molar-refractivity contribution >= 4 is 20.2 Å². The van der Waals surface area contributed by atoms with Gasteiger partial charge >= 0.3 is 0 Å². The van der Waals surface area contributed by atoms with Gasteiger partial charge in [-0.1, -0.05) is 31.2 Å². The second-order valence-electron chi connectivity index (χ2n) is 8.67. The van der Waals surface area contributed by atoms with Crippen molar-refractivity contribution in [1.29, 1.82) is 0 Å². The van der Waals surface area contributed by atoms with Gasteiger partial charge in [0.2, 0.25) is 10.0 Å². The van der Waals surface area contributed by atoms with Crippen LogP contribution in [-0.4, -0.2) is 40.3 Å². The fourth-order valence-electron chi connectivity index (χ4n) is 3.88. The van der Waals surface area contributed by atoms with Crippen molar-refractivity contribution in [2.45, 2.75) is 63.7 Å². The third kappa shape index (κ3) is 7.28. The summed E-state index contributed by atoms with van der Waals surface area (Å²) < 4.78 is 50.7. The zero-order chi connectivity index (χ0) is 22.6. The van der Waals surface area contributed by atoms with Crippen molar-refractivity contribution < 1.29 is 21.9 Å². The Kier molecular flexibility index (Phi) is 8.45. The van der Waals surface area contributed by atoms with E-state index < -0.39 is 31.1 Å². The molecular weight excluding hydrogens is 426 g/mol. The predicted octanol–water partition coefficient (Wildman–Crippen LogP) is 1.36. The van der Waals surface area contributed by atoms with Gasteiger partial charge in [-0.15, -0.1) is 0 Å². The summed E-state index contributed by atoms with van der Waals surface area (Å²) in [6.07, 6.45) is 3.44. The summed E-state index contributed by atoms with van der Waals surface area (Å²) in [4.78, 5) is 0. The Balaban J connectivity index is 1.88. The molecule has 2 rings (SSSR count). The topological polar surface area (TPSA) is 139 Å². The number of benzene rings is 1. The van der Waals surface area contributed by atoms with E-state index in [1.54, 1.807) is 13.8 Å². The lowest BCUT2D eigenvalue weighted by Gasteiger charge is -2.38. The molecule has 5 N–H and O–H groups in total. The third-order valence-electron chi connectivity index (χ3n) is 6.10. The number of nitrogens with two attached hydrogens (primary N) is 1. The van der Waals surface area contributed by atoms with Gasteiger partial charge in [0.1, 0.15) is 0 Å². The van der Waals surface area contributed by atoms with Gasteiger partial charge in [-0.25, -0.2) is 23.0 Å². The molecule has 8 nitrogen and oxygen atoms in total. The number of nitrogens with one attached hydrogen (secondary N) is 2. The Morgan fingerprint density at radius 1 is 1.07 bits per heavy atom. The SMILES string of the molecule is CC(CNS(=O)(=O)C(C)C)C1CCC(O)(c2ccc(CCNS(N)(=O)=O)cc2)CC1. The van der Waals surface area contributed by atoms with Gasteiger partial charge < -0.3 is 5.11 Å². The Bertz CT molecular complexity index is 891. The van der Waals surface area contributed by atoms with Crippen molar-refractivity contribution in [3.8, 4) is 0 Å². The first kappa shape index (κ1) is 25.2. The molecule has 1 aromatic rings. The first-order valence-electron chi connectivity index (χ1n) is 10.4. The smallest absolute Gasteiger partial charge is 0.274 e. The number of aliphatic hydroxyl groups is 1. The lowest BCUT2D eigenvalue weighted by atomic mass is 9.71. The zero-order valence-corrected chi connectivity index (χ0v) is 19.6. The number of hydrogen-bond acceptors (Lipinski definition) is 5. The molecule has 172 valence electrons. The van der Waals surface area contributed by atoms with Crippen molar-refractivity contribution in [3.05, 3.63) is 35.4 Å². The highest BCUT2D eigenvalue weighted by Crippen LogP contribution is 2.41. The molecule has 10 heteroatoms. The van der Waals surface area contributed by atoms with E-state index in [0.717, 1.165) is 24.0 Å². The first-order chi connectivity index (χ1) is 13.8. The van der Waals surface area contributed by atoms with E-state index in [-0.39, 0.29) is 12.5 Å². The van der Waals surface area contributed by atoms with Gasteiger partial charge in [-0.3, -0.25) is 0 Å². The van der Waals surface area contributed by atoms with Gasteiger partial charge in [0, 0.05) is 13.1 Å². The number of hydrogen-bond donors (Lipinski definition) is 4. The van der Waals surface area contributed by atoms with Gasteiger partial charge in [-0.05, 0) is 68.9 Å². The monoisotopic (exact) mass is 461 g/mol. The second kappa shape index (κ2) is 10.1. The van der Waals surface area contributed by atoms with Crippen LogP contribution in [-0.2, 0) is 32.3 Å². The predicted molar refractivity (Wildman–Crippen MR) is 118 cm³/mol. The Morgan fingerprint density at radius 3 is 2.13 bits per heavy atom. The summed E-state index contributed by atoms with van der Waals surface area (Å²) in [5.41, 5.74) is 0.931. The van der Waals surface area contributed by atoms with Crippen molar-refractivity contribution in [3.63, 3.8) is 0 Å². The first-order valence-corrected chi connectivity index (χ1v) is 13.5. The fourth-order valence-corrected chi connectivity index (χ4v) is 5.09. The Labute approximate surface area is 180 Å². The van der Waals surface area contributed by atoms with Crippen molar-refractivity contribution in [1.82, 2.24) is 9.44 Å². The van der Waals surface area contributed by atoms with Crippen LogP contribution in [0.1, 0.15) is 57.6 Å². The van der Waals surface area contributed by atoms with Gasteiger partial charge in [0.15, 0.2) is 0 Å². The molecule has 1 unspecified atom stereocenters. The third-order valence-corrected chi connectivity index (χ3v) is 8.51. The van der Waals surface area contributed by atoms with Crippen LogP contribution < -0.4 is 14.6 Å². The van der Waals surface area contributed by atoms with Crippen LogP contribution in [0.2, 0.25) is 0 Å². The minimum atomic E-state index is -3.69. The average Bonchev–Trinajstić information content (AvgIpc) is 2.66. The van der Waals surface area contributed by atoms with Crippen LogP contribution in [0, 0.1) is 11.8 Å². The van der Waals surface area contributed by atoms with E-state index in [1.807, 2.05) is 24.3 Å². The minimum Gasteiger partial charge on any atom is -0.385 e. The highest BCUT2D eigenvalue weighted by Gasteiger charge is 2.36. The molecule has 0 spiro atoms. The molecule has 1 aliphatic rings. The zero-order valence-electron chi connectivity index (χ0n) is 18.0. The van der Waals surface area contributed by atoms with Crippen LogP contribution in [0.4, 0.5) is 0 Å². The van der Waals surface area contributed by atoms with Crippen molar-refractivity contribution in [2.75, 3.05) is 13.1 Å². The van der Waals surface area contributed by atoms with E-state index in [0.29, 0.717) is 31.7 Å². The van der Waals surface area contributed by atoms with E-state index in [9.17, 15) is 21.9 Å². The van der Waals surface area contributed by atoms with Gasteiger partial charge in [-0.2, -0.15) is 8.42 Å². The minimum absolute atomic E-state index is 0.205. The van der Waals surface area contributed by atoms with E-state index in [1.165, 1.54) is 0 Å². The molecule has 0 amide bonds. The van der Waals surface area contributed by atoms with Crippen LogP contribution >= 0.6 is 0 Å². The number of sulfonamides is 1. The summed E-state index contributed by atoms with van der Waals surface area (Å²) in [5.74, 6) is 0.570. The molecule has 30 heavy (non-hydrogen) atoms. The highest BCUT2D eigenvalue weighted by atomic mass is 32.2. The molecule has 0 heterocycles. The molecule has 1 fully saturated rings. The molecule has 0 aromatic heterocycles. The van der Waals surface area contributed by atoms with E-state index >= 15 is 0 Å². The molecule has 0 radical (unpaired) electrons. The lowest BCUT2D eigenvalue weighted by molar-refractivity contribution is -0.0207. The summed E-state index contributed by atoms with van der Waals surface area (Å²) in [6.45, 7) is 6.03. The van der Waals surface area contributed by atoms with E-state index in [4.69, 9.17) is 5.14 Å². The largest absolute Gasteiger partial charge is 0.385 e. The molecule has 0 aliphatic heterocycles. The summed E-state index contributed by atoms with van der Waals surface area (Å²) >= 11 is 0. The molecule has 1 aliphatic carbocycles. The molecule has 0 bridgehead atoms. The summed E-state index contributed by atoms with van der Waals surface area (Å²) in [6, 6.07) is 7.58. The Hall–Kier alpha value is -1.04. The lowest BCUT2D eigenvalue weighted by Crippen LogP contribution is -2.38. The molecule has 1 saturated carbocycles. The van der Waals surface area contributed by atoms with Crippen LogP contribution in [0.25, 0.3) is 0 Å². The Morgan fingerprint density at radius 2 is 1.63 bits per heavy atom. The molecule has 1 atom stereocenters. The van der Waals surface area contributed by atoms with Gasteiger partial charge in [0.05, 0.1) is 10.9 Å². The normalized spacial score (nSPS) is 24.1. The summed E-state index contributed by atoms with van der Waals surface area (Å²) in [5, 5.41) is 15.6. The maximum Gasteiger partial charge on any atom is 0.274 e. The number of rotatable bonds is 10. The summed E-state index contributed by atoms with van der Waals surface area (Å²) in [7, 11) is -6.95. The van der Waals surface area contributed by atoms with Crippen LogP contribution in [0.3, 0.4) is 0 Å². The quantitative estimate of drug-likeness (QED) is 0.417. The maximum atomic E-state index is 12.0. The van der Waals surface area contributed by atoms with Crippen LogP contribution in [0.15, 0.2) is 24.3 Å². The second-order valence-corrected chi connectivity index (χ2v) is 12.4. The highest BCUT2D eigenvalue weighted by molar-refractivity contribution is 7.90.